The molecule has 0 aliphatic carbocycles. The third-order valence-electron chi connectivity index (χ3n) is 7.36. The molecule has 0 aromatic heterocycles. The largest absolute Gasteiger partial charge is 0.343 e. The smallest absolute Gasteiger partial charge is 0.247 e. The number of halogens is 1. The van der Waals surface area contributed by atoms with Crippen molar-refractivity contribution in [3.8, 4) is 6.07 Å². The number of rotatable bonds is 11. The van der Waals surface area contributed by atoms with Crippen molar-refractivity contribution in [2.75, 3.05) is 18.4 Å². The molecule has 8 nitrogen and oxygen atoms in total. The van der Waals surface area contributed by atoms with Crippen LogP contribution in [-0.2, 0) is 22.6 Å². The summed E-state index contributed by atoms with van der Waals surface area (Å²) in [5.74, 6) is -0.696. The van der Waals surface area contributed by atoms with Crippen molar-refractivity contribution in [2.45, 2.75) is 51.2 Å². The van der Waals surface area contributed by atoms with E-state index in [1.165, 1.54) is 6.07 Å². The van der Waals surface area contributed by atoms with Gasteiger partial charge in [-0.3, -0.25) is 19.3 Å². The lowest BCUT2D eigenvalue weighted by Gasteiger charge is -2.36. The van der Waals surface area contributed by atoms with E-state index in [9.17, 15) is 19.6 Å². The fourth-order valence-electron chi connectivity index (χ4n) is 5.08. The van der Waals surface area contributed by atoms with Crippen molar-refractivity contribution in [2.24, 2.45) is 5.73 Å². The Kier molecular flexibility index (Phi) is 10.3. The monoisotopic (exact) mass is 571 g/mol. The molecular weight excluding hydrogens is 538 g/mol. The number of amides is 2. The van der Waals surface area contributed by atoms with Gasteiger partial charge < -0.3 is 16.4 Å². The molecular formula is C32H34ClN5O3. The molecule has 0 saturated carbocycles. The number of carbonyl (C=O) groups is 3. The second-order valence-corrected chi connectivity index (χ2v) is 10.6. The van der Waals surface area contributed by atoms with Crippen molar-refractivity contribution in [3.63, 3.8) is 0 Å². The molecule has 2 atom stereocenters. The fraction of sp³-hybridized carbons (Fsp3) is 0.312. The summed E-state index contributed by atoms with van der Waals surface area (Å²) in [6.07, 6.45) is 1.66. The van der Waals surface area contributed by atoms with Crippen LogP contribution in [0.25, 0.3) is 0 Å². The highest BCUT2D eigenvalue weighted by molar-refractivity contribution is 6.31. The lowest BCUT2D eigenvalue weighted by molar-refractivity contribution is -0.131. The van der Waals surface area contributed by atoms with Gasteiger partial charge in [0.05, 0.1) is 17.3 Å². The van der Waals surface area contributed by atoms with Gasteiger partial charge in [0.2, 0.25) is 11.8 Å². The standard InChI is InChI=1S/C32H34ClN5O3/c1-21-16-25(19-35)28(18-26(21)33)37-31(40)27(13-14-34)36-32(41)29-17-23-10-5-6-11-24(23)20-38(29)15-7-12-30(39)22-8-3-2-4-9-22/h2-6,8-11,16,18,27,29H,7,12-15,17,20,34H2,1H3,(H,36,41)(H,37,40)/t27-,29-/m0/s1. The molecule has 41 heavy (non-hydrogen) atoms. The Morgan fingerprint density at radius 1 is 1.10 bits per heavy atom. The SMILES string of the molecule is Cc1cc(C#N)c(NC(=O)[C@H](CCN)NC(=O)[C@@H]2Cc3ccccc3CN2CCCC(=O)c2ccccc2)cc1Cl. The Morgan fingerprint density at radius 3 is 2.51 bits per heavy atom. The van der Waals surface area contributed by atoms with E-state index in [2.05, 4.69) is 27.7 Å². The fourth-order valence-corrected chi connectivity index (χ4v) is 5.25. The zero-order chi connectivity index (χ0) is 29.4. The lowest BCUT2D eigenvalue weighted by Crippen LogP contribution is -2.55. The number of anilines is 1. The van der Waals surface area contributed by atoms with Crippen LogP contribution in [0, 0.1) is 18.3 Å². The summed E-state index contributed by atoms with van der Waals surface area (Å²) < 4.78 is 0. The highest BCUT2D eigenvalue weighted by Gasteiger charge is 2.33. The van der Waals surface area contributed by atoms with Crippen LogP contribution in [0.4, 0.5) is 5.69 Å². The molecule has 4 rings (SSSR count). The normalized spacial score (nSPS) is 15.3. The van der Waals surface area contributed by atoms with Crippen molar-refractivity contribution in [1.29, 1.82) is 5.26 Å². The third kappa shape index (κ3) is 7.59. The predicted molar refractivity (Wildman–Crippen MR) is 159 cm³/mol. The lowest BCUT2D eigenvalue weighted by atomic mass is 9.92. The molecule has 1 aliphatic rings. The summed E-state index contributed by atoms with van der Waals surface area (Å²) in [5.41, 5.74) is 9.97. The zero-order valence-electron chi connectivity index (χ0n) is 23.0. The molecule has 0 radical (unpaired) electrons. The number of carbonyl (C=O) groups excluding carboxylic acids is 3. The number of nitrogens with two attached hydrogens (primary N) is 1. The van der Waals surface area contributed by atoms with Crippen LogP contribution in [-0.4, -0.2) is 47.7 Å². The van der Waals surface area contributed by atoms with Crippen molar-refractivity contribution in [1.82, 2.24) is 10.2 Å². The van der Waals surface area contributed by atoms with Gasteiger partial charge in [0.25, 0.3) is 0 Å². The molecule has 4 N–H and O–H groups in total. The molecule has 0 fully saturated rings. The number of hydrogen-bond acceptors (Lipinski definition) is 6. The average Bonchev–Trinajstić information content (AvgIpc) is 2.98. The first-order valence-electron chi connectivity index (χ1n) is 13.7. The molecule has 212 valence electrons. The maximum atomic E-state index is 13.7. The molecule has 1 heterocycles. The summed E-state index contributed by atoms with van der Waals surface area (Å²) in [6, 6.07) is 21.0. The van der Waals surface area contributed by atoms with Crippen LogP contribution in [0.3, 0.4) is 0 Å². The first kappa shape index (κ1) is 29.9. The van der Waals surface area contributed by atoms with E-state index in [-0.39, 0.29) is 35.9 Å². The van der Waals surface area contributed by atoms with Crippen molar-refractivity contribution in [3.05, 3.63) is 99.6 Å². The molecule has 0 spiro atoms. The number of nitrogens with one attached hydrogen (secondary N) is 2. The Bertz CT molecular complexity index is 1450. The van der Waals surface area contributed by atoms with E-state index in [1.54, 1.807) is 13.0 Å². The Morgan fingerprint density at radius 2 is 1.80 bits per heavy atom. The Labute approximate surface area is 245 Å². The van der Waals surface area contributed by atoms with E-state index >= 15 is 0 Å². The Balaban J connectivity index is 1.47. The van der Waals surface area contributed by atoms with Crippen molar-refractivity contribution < 1.29 is 14.4 Å². The van der Waals surface area contributed by atoms with Gasteiger partial charge in [0.1, 0.15) is 12.1 Å². The molecule has 1 aliphatic heterocycles. The maximum absolute atomic E-state index is 13.7. The summed E-state index contributed by atoms with van der Waals surface area (Å²) in [5, 5.41) is 15.6. The summed E-state index contributed by atoms with van der Waals surface area (Å²) in [6.45, 7) is 3.07. The van der Waals surface area contributed by atoms with Gasteiger partial charge in [-0.25, -0.2) is 0 Å². The van der Waals surface area contributed by atoms with Crippen LogP contribution in [0.15, 0.2) is 66.7 Å². The van der Waals surface area contributed by atoms with E-state index in [1.807, 2.05) is 48.5 Å². The minimum absolute atomic E-state index is 0.0663. The van der Waals surface area contributed by atoms with Crippen LogP contribution < -0.4 is 16.4 Å². The van der Waals surface area contributed by atoms with Crippen LogP contribution in [0.2, 0.25) is 5.02 Å². The van der Waals surface area contributed by atoms with Crippen molar-refractivity contribution >= 4 is 34.9 Å². The second-order valence-electron chi connectivity index (χ2n) is 10.2. The van der Waals surface area contributed by atoms with Gasteiger partial charge in [0.15, 0.2) is 5.78 Å². The van der Waals surface area contributed by atoms with E-state index < -0.39 is 18.0 Å². The van der Waals surface area contributed by atoms with Gasteiger partial charge in [-0.2, -0.15) is 5.26 Å². The number of fused-ring (bicyclic) bond motifs is 1. The molecule has 2 amide bonds. The number of benzene rings is 3. The Hall–Kier alpha value is -4.03. The van der Waals surface area contributed by atoms with Crippen LogP contribution >= 0.6 is 11.6 Å². The number of nitriles is 1. The zero-order valence-corrected chi connectivity index (χ0v) is 23.8. The number of nitrogens with zero attached hydrogens (tertiary/aromatic N) is 2. The van der Waals surface area contributed by atoms with E-state index in [4.69, 9.17) is 17.3 Å². The van der Waals surface area contributed by atoms with Crippen LogP contribution in [0.1, 0.15) is 51.9 Å². The highest BCUT2D eigenvalue weighted by Crippen LogP contribution is 2.26. The molecule has 0 unspecified atom stereocenters. The van der Waals surface area contributed by atoms with Gasteiger partial charge in [0, 0.05) is 23.6 Å². The van der Waals surface area contributed by atoms with Gasteiger partial charge >= 0.3 is 0 Å². The number of Topliss-reactive ketones (excluding diaryl/α,β-unsaturated/α-hetero) is 1. The molecule has 3 aromatic rings. The van der Waals surface area contributed by atoms with Gasteiger partial charge in [-0.05, 0) is 68.1 Å². The van der Waals surface area contributed by atoms with Gasteiger partial charge in [-0.15, -0.1) is 0 Å². The quantitative estimate of drug-likeness (QED) is 0.293. The minimum Gasteiger partial charge on any atom is -0.343 e. The number of aryl methyl sites for hydroxylation is 1. The third-order valence-corrected chi connectivity index (χ3v) is 7.77. The molecule has 9 heteroatoms. The van der Waals surface area contributed by atoms with Crippen LogP contribution in [0.5, 0.6) is 0 Å². The highest BCUT2D eigenvalue weighted by atomic mass is 35.5. The number of hydrogen-bond donors (Lipinski definition) is 3. The predicted octanol–water partition coefficient (Wildman–Crippen LogP) is 4.38. The number of ketones is 1. The topological polar surface area (TPSA) is 128 Å². The van der Waals surface area contributed by atoms with Gasteiger partial charge in [-0.1, -0.05) is 66.2 Å². The van der Waals surface area contributed by atoms with E-state index in [0.29, 0.717) is 42.9 Å². The van der Waals surface area contributed by atoms with E-state index in [0.717, 1.165) is 16.7 Å². The summed E-state index contributed by atoms with van der Waals surface area (Å²) >= 11 is 6.23. The molecule has 0 bridgehead atoms. The molecule has 0 saturated heterocycles. The summed E-state index contributed by atoms with van der Waals surface area (Å²) in [7, 11) is 0. The summed E-state index contributed by atoms with van der Waals surface area (Å²) in [4.78, 5) is 41.7. The molecule has 3 aromatic carbocycles. The first-order valence-corrected chi connectivity index (χ1v) is 14.1. The second kappa shape index (κ2) is 14.0. The minimum atomic E-state index is -0.905. The average molecular weight is 572 g/mol. The first-order chi connectivity index (χ1) is 19.8. The maximum Gasteiger partial charge on any atom is 0.247 e.